The lowest BCUT2D eigenvalue weighted by molar-refractivity contribution is 0.246. The maximum atomic E-state index is 2.49. The van der Waals surface area contributed by atoms with Gasteiger partial charge in [0.15, 0.2) is 0 Å². The van der Waals surface area contributed by atoms with Crippen molar-refractivity contribution in [3.8, 4) is 0 Å². The number of allylic oxidation sites excluding steroid dienone is 2. The topological polar surface area (TPSA) is 0 Å². The minimum absolute atomic E-state index is 1.03. The van der Waals surface area contributed by atoms with Gasteiger partial charge in [0.25, 0.3) is 0 Å². The van der Waals surface area contributed by atoms with Crippen molar-refractivity contribution >= 4 is 0 Å². The van der Waals surface area contributed by atoms with Crippen molar-refractivity contribution in [3.05, 3.63) is 12.2 Å². The van der Waals surface area contributed by atoms with Crippen LogP contribution in [0, 0.1) is 11.8 Å². The van der Waals surface area contributed by atoms with Crippen LogP contribution in [0.15, 0.2) is 12.2 Å². The van der Waals surface area contributed by atoms with Crippen molar-refractivity contribution in [2.75, 3.05) is 0 Å². The summed E-state index contributed by atoms with van der Waals surface area (Å²) < 4.78 is 0. The second kappa shape index (κ2) is 12.2. The molecule has 1 unspecified atom stereocenters. The van der Waals surface area contributed by atoms with Crippen LogP contribution in [0.4, 0.5) is 0 Å². The normalized spacial score (nSPS) is 29.9. The fourth-order valence-corrected chi connectivity index (χ4v) is 4.67. The molecule has 0 N–H and O–H groups in total. The molecule has 0 saturated heterocycles. The van der Waals surface area contributed by atoms with Crippen LogP contribution in [0.2, 0.25) is 0 Å². The minimum atomic E-state index is 1.03. The molecule has 0 aromatic heterocycles. The van der Waals surface area contributed by atoms with Crippen LogP contribution in [-0.2, 0) is 0 Å². The first-order valence-electron chi connectivity index (χ1n) is 10.6. The Hall–Kier alpha value is -0.260. The van der Waals surface area contributed by atoms with Crippen molar-refractivity contribution < 1.29 is 0 Å². The first-order valence-corrected chi connectivity index (χ1v) is 10.6. The second-order valence-electron chi connectivity index (χ2n) is 7.97. The van der Waals surface area contributed by atoms with Gasteiger partial charge in [0, 0.05) is 0 Å². The molecule has 0 amide bonds. The van der Waals surface area contributed by atoms with Gasteiger partial charge in [-0.2, -0.15) is 0 Å². The number of rotatable bonds is 1. The molecule has 1 fully saturated rings. The lowest BCUT2D eigenvalue weighted by Crippen LogP contribution is -2.15. The molecule has 2 aliphatic rings. The molecular weight excluding hydrogens is 264 g/mol. The van der Waals surface area contributed by atoms with E-state index in [1.807, 2.05) is 0 Å². The Morgan fingerprint density at radius 1 is 0.364 bits per heavy atom. The largest absolute Gasteiger partial charge is 0.0885 e. The molecule has 1 atom stereocenters. The predicted molar refractivity (Wildman–Crippen MR) is 99.2 cm³/mol. The van der Waals surface area contributed by atoms with Gasteiger partial charge >= 0.3 is 0 Å². The van der Waals surface area contributed by atoms with Gasteiger partial charge in [0.05, 0.1) is 0 Å². The van der Waals surface area contributed by atoms with Crippen LogP contribution in [-0.4, -0.2) is 0 Å². The third-order valence-corrected chi connectivity index (χ3v) is 6.13. The van der Waals surface area contributed by atoms with Gasteiger partial charge in [-0.15, -0.1) is 0 Å². The summed E-state index contributed by atoms with van der Waals surface area (Å²) in [7, 11) is 0. The molecular formula is C22H40. The SMILES string of the molecule is C1=C\CCC(C2CCCCCCCCCC2)CCCCCC/1. The summed E-state index contributed by atoms with van der Waals surface area (Å²) in [5.41, 5.74) is 0. The smallest absolute Gasteiger partial charge is 0.0348 e. The average molecular weight is 305 g/mol. The third kappa shape index (κ3) is 7.84. The highest BCUT2D eigenvalue weighted by atomic mass is 14.3. The standard InChI is InChI=1S/C22H40/c1-2-6-10-14-18-21(17-13-9-5-1)22-19-15-11-7-3-4-8-12-16-20-22/h5,9,21-22H,1-4,6-8,10-20H2/b9-5-. The van der Waals surface area contributed by atoms with Crippen LogP contribution in [0.5, 0.6) is 0 Å². The first kappa shape index (κ1) is 18.1. The molecule has 0 bridgehead atoms. The van der Waals surface area contributed by atoms with Crippen molar-refractivity contribution in [2.45, 2.75) is 116 Å². The lowest BCUT2D eigenvalue weighted by Gasteiger charge is -2.27. The van der Waals surface area contributed by atoms with E-state index in [0.29, 0.717) is 0 Å². The minimum Gasteiger partial charge on any atom is -0.0885 e. The Kier molecular flexibility index (Phi) is 10.0. The molecule has 0 heteroatoms. The second-order valence-corrected chi connectivity index (χ2v) is 7.97. The summed E-state index contributed by atoms with van der Waals surface area (Å²) in [6.45, 7) is 0. The average Bonchev–Trinajstić information content (AvgIpc) is 2.64. The van der Waals surface area contributed by atoms with Gasteiger partial charge in [0.2, 0.25) is 0 Å². The molecule has 22 heavy (non-hydrogen) atoms. The van der Waals surface area contributed by atoms with Gasteiger partial charge < -0.3 is 0 Å². The maximum absolute atomic E-state index is 2.49. The van der Waals surface area contributed by atoms with Crippen molar-refractivity contribution in [2.24, 2.45) is 11.8 Å². The van der Waals surface area contributed by atoms with Gasteiger partial charge in [-0.1, -0.05) is 102 Å². The molecule has 128 valence electrons. The van der Waals surface area contributed by atoms with Crippen LogP contribution < -0.4 is 0 Å². The molecule has 0 heterocycles. The Bertz CT molecular complexity index is 266. The molecule has 0 aliphatic heterocycles. The zero-order valence-electron chi connectivity index (χ0n) is 15.0. The van der Waals surface area contributed by atoms with E-state index in [9.17, 15) is 0 Å². The first-order chi connectivity index (χ1) is 11.0. The summed E-state index contributed by atoms with van der Waals surface area (Å²) in [6, 6.07) is 0. The summed E-state index contributed by atoms with van der Waals surface area (Å²) in [5.74, 6) is 2.08. The van der Waals surface area contributed by atoms with E-state index in [1.54, 1.807) is 0 Å². The van der Waals surface area contributed by atoms with Gasteiger partial charge in [-0.3, -0.25) is 0 Å². The summed E-state index contributed by atoms with van der Waals surface area (Å²) in [4.78, 5) is 0. The molecule has 2 rings (SSSR count). The monoisotopic (exact) mass is 304 g/mol. The highest BCUT2D eigenvalue weighted by Gasteiger charge is 2.20. The highest BCUT2D eigenvalue weighted by Crippen LogP contribution is 2.33. The zero-order valence-corrected chi connectivity index (χ0v) is 15.0. The van der Waals surface area contributed by atoms with Gasteiger partial charge in [-0.25, -0.2) is 0 Å². The van der Waals surface area contributed by atoms with E-state index in [0.717, 1.165) is 11.8 Å². The van der Waals surface area contributed by atoms with E-state index in [2.05, 4.69) is 12.2 Å². The van der Waals surface area contributed by atoms with Crippen LogP contribution in [0.25, 0.3) is 0 Å². The molecule has 0 nitrogen and oxygen atoms in total. The lowest BCUT2D eigenvalue weighted by atomic mass is 9.78. The van der Waals surface area contributed by atoms with E-state index in [-0.39, 0.29) is 0 Å². The van der Waals surface area contributed by atoms with Crippen molar-refractivity contribution in [1.82, 2.24) is 0 Å². The van der Waals surface area contributed by atoms with Gasteiger partial charge in [-0.05, 0) is 37.5 Å². The molecule has 0 radical (unpaired) electrons. The zero-order chi connectivity index (χ0) is 15.3. The Labute approximate surface area is 140 Å². The highest BCUT2D eigenvalue weighted by molar-refractivity contribution is 4.84. The Balaban J connectivity index is 1.86. The predicted octanol–water partition coefficient (Wildman–Crippen LogP) is 7.82. The maximum Gasteiger partial charge on any atom is -0.0348 e. The van der Waals surface area contributed by atoms with Crippen LogP contribution >= 0.6 is 0 Å². The fraction of sp³-hybridized carbons (Fsp3) is 0.909. The Morgan fingerprint density at radius 3 is 1.36 bits per heavy atom. The van der Waals surface area contributed by atoms with Crippen LogP contribution in [0.3, 0.4) is 0 Å². The van der Waals surface area contributed by atoms with E-state index in [4.69, 9.17) is 0 Å². The molecule has 2 aliphatic carbocycles. The van der Waals surface area contributed by atoms with E-state index < -0.39 is 0 Å². The summed E-state index contributed by atoms with van der Waals surface area (Å²) in [5, 5.41) is 0. The number of hydrogen-bond acceptors (Lipinski definition) is 0. The third-order valence-electron chi connectivity index (χ3n) is 6.13. The summed E-state index contributed by atoms with van der Waals surface area (Å²) in [6.07, 6.45) is 31.6. The molecule has 0 aromatic rings. The van der Waals surface area contributed by atoms with Crippen LogP contribution in [0.1, 0.15) is 116 Å². The molecule has 0 spiro atoms. The van der Waals surface area contributed by atoms with Gasteiger partial charge in [0.1, 0.15) is 0 Å². The number of hydrogen-bond donors (Lipinski definition) is 0. The molecule has 1 saturated carbocycles. The molecule has 0 aromatic carbocycles. The quantitative estimate of drug-likeness (QED) is 0.433. The Morgan fingerprint density at radius 2 is 0.773 bits per heavy atom. The fourth-order valence-electron chi connectivity index (χ4n) is 4.67. The van der Waals surface area contributed by atoms with E-state index in [1.165, 1.54) is 116 Å². The van der Waals surface area contributed by atoms with E-state index >= 15 is 0 Å². The van der Waals surface area contributed by atoms with Crippen molar-refractivity contribution in [3.63, 3.8) is 0 Å². The van der Waals surface area contributed by atoms with Crippen molar-refractivity contribution in [1.29, 1.82) is 0 Å². The summed E-state index contributed by atoms with van der Waals surface area (Å²) >= 11 is 0.